The molecule has 0 spiro atoms. The van der Waals surface area contributed by atoms with Gasteiger partial charge in [0, 0.05) is 53.7 Å². The summed E-state index contributed by atoms with van der Waals surface area (Å²) in [5.41, 5.74) is 0.303. The first kappa shape index (κ1) is 26.3. The molecule has 3 aromatic rings. The van der Waals surface area contributed by atoms with Crippen LogP contribution in [0.3, 0.4) is 0 Å². The Hall–Kier alpha value is -3.96. The maximum atomic E-state index is 16.1. The van der Waals surface area contributed by atoms with Gasteiger partial charge in [-0.2, -0.15) is 4.98 Å². The van der Waals surface area contributed by atoms with E-state index < -0.39 is 34.7 Å². The standard InChI is InChI=1S/C29H30FN5O5/c1-28(2)15-34(13-17-3-5-18(6-4-17)25-31-16-40-33-25)12-11-29(28,39)21-8-7-19-20(24(21)30)14-35(27(19)38)22-9-10-23(36)32-26(22)37/h3-8,16,22,39H,9-15H2,1-2H3,(H,32,36,37). The van der Waals surface area contributed by atoms with Crippen LogP contribution in [0.4, 0.5) is 4.39 Å². The topological polar surface area (TPSA) is 129 Å². The van der Waals surface area contributed by atoms with Crippen molar-refractivity contribution < 1.29 is 28.4 Å². The van der Waals surface area contributed by atoms with Gasteiger partial charge in [-0.1, -0.05) is 49.3 Å². The third-order valence-electron chi connectivity index (χ3n) is 8.60. The number of likely N-dealkylation sites (tertiary alicyclic amines) is 1. The number of imide groups is 1. The zero-order valence-corrected chi connectivity index (χ0v) is 22.3. The van der Waals surface area contributed by atoms with Crippen molar-refractivity contribution in [2.75, 3.05) is 13.1 Å². The molecule has 0 aliphatic carbocycles. The van der Waals surface area contributed by atoms with Crippen molar-refractivity contribution in [3.8, 4) is 11.4 Å². The molecule has 2 aromatic carbocycles. The molecule has 3 aliphatic rings. The molecule has 2 N–H and O–H groups in total. The van der Waals surface area contributed by atoms with Crippen molar-refractivity contribution >= 4 is 17.7 Å². The number of carbonyl (C=O) groups excluding carboxylic acids is 3. The van der Waals surface area contributed by atoms with Crippen molar-refractivity contribution in [1.82, 2.24) is 25.3 Å². The zero-order chi connectivity index (χ0) is 28.2. The highest BCUT2D eigenvalue weighted by Gasteiger charge is 2.51. The fraction of sp³-hybridized carbons (Fsp3) is 0.414. The lowest BCUT2D eigenvalue weighted by molar-refractivity contribution is -0.137. The highest BCUT2D eigenvalue weighted by Crippen LogP contribution is 2.48. The monoisotopic (exact) mass is 547 g/mol. The molecule has 2 atom stereocenters. The number of rotatable bonds is 5. The Morgan fingerprint density at radius 2 is 1.93 bits per heavy atom. The van der Waals surface area contributed by atoms with Gasteiger partial charge in [-0.3, -0.25) is 24.6 Å². The van der Waals surface area contributed by atoms with Crippen LogP contribution in [0.2, 0.25) is 0 Å². The quantitative estimate of drug-likeness (QED) is 0.467. The predicted molar refractivity (Wildman–Crippen MR) is 140 cm³/mol. The number of aliphatic hydroxyl groups is 1. The number of nitrogens with one attached hydrogen (secondary N) is 1. The summed E-state index contributed by atoms with van der Waals surface area (Å²) in [6.45, 7) is 5.49. The van der Waals surface area contributed by atoms with E-state index in [1.807, 2.05) is 38.1 Å². The first-order valence-corrected chi connectivity index (χ1v) is 13.3. The normalized spacial score (nSPS) is 24.8. The molecular formula is C29H30FN5O5. The lowest BCUT2D eigenvalue weighted by Crippen LogP contribution is -2.55. The molecular weight excluding hydrogens is 517 g/mol. The molecule has 1 aromatic heterocycles. The number of piperidine rings is 2. The summed E-state index contributed by atoms with van der Waals surface area (Å²) < 4.78 is 20.9. The van der Waals surface area contributed by atoms with Crippen molar-refractivity contribution in [1.29, 1.82) is 0 Å². The summed E-state index contributed by atoms with van der Waals surface area (Å²) in [6, 6.07) is 10.1. The second kappa shape index (κ2) is 9.60. The molecule has 208 valence electrons. The molecule has 40 heavy (non-hydrogen) atoms. The number of hydrogen-bond donors (Lipinski definition) is 2. The van der Waals surface area contributed by atoms with Gasteiger partial charge in [0.1, 0.15) is 11.9 Å². The third kappa shape index (κ3) is 4.29. The lowest BCUT2D eigenvalue weighted by Gasteiger charge is -2.50. The van der Waals surface area contributed by atoms with E-state index in [4.69, 9.17) is 4.52 Å². The average Bonchev–Trinajstić information content (AvgIpc) is 3.56. The second-order valence-corrected chi connectivity index (χ2v) is 11.5. The maximum Gasteiger partial charge on any atom is 0.255 e. The summed E-state index contributed by atoms with van der Waals surface area (Å²) in [5, 5.41) is 18.1. The van der Waals surface area contributed by atoms with E-state index in [1.54, 1.807) is 6.07 Å². The summed E-state index contributed by atoms with van der Waals surface area (Å²) in [6.07, 6.45) is 1.92. The number of amides is 3. The predicted octanol–water partition coefficient (Wildman–Crippen LogP) is 2.76. The van der Waals surface area contributed by atoms with E-state index in [0.29, 0.717) is 31.9 Å². The van der Waals surface area contributed by atoms with Crippen LogP contribution in [0.15, 0.2) is 47.3 Å². The minimum atomic E-state index is -1.46. The Bertz CT molecular complexity index is 1490. The first-order valence-electron chi connectivity index (χ1n) is 13.3. The number of halogens is 1. The van der Waals surface area contributed by atoms with Gasteiger partial charge in [-0.05, 0) is 24.5 Å². The van der Waals surface area contributed by atoms with Gasteiger partial charge in [0.25, 0.3) is 5.91 Å². The van der Waals surface area contributed by atoms with Crippen LogP contribution in [0.1, 0.15) is 60.2 Å². The van der Waals surface area contributed by atoms with Crippen molar-refractivity contribution in [3.63, 3.8) is 0 Å². The molecule has 2 fully saturated rings. The molecule has 3 amide bonds. The van der Waals surface area contributed by atoms with Gasteiger partial charge in [-0.25, -0.2) is 4.39 Å². The van der Waals surface area contributed by atoms with Gasteiger partial charge >= 0.3 is 0 Å². The smallest absolute Gasteiger partial charge is 0.255 e. The molecule has 0 bridgehead atoms. The van der Waals surface area contributed by atoms with E-state index in [1.165, 1.54) is 17.4 Å². The number of nitrogens with zero attached hydrogens (tertiary/aromatic N) is 4. The molecule has 2 saturated heterocycles. The number of carbonyl (C=O) groups is 3. The van der Waals surface area contributed by atoms with Crippen LogP contribution in [-0.2, 0) is 28.3 Å². The fourth-order valence-electron chi connectivity index (χ4n) is 6.30. The average molecular weight is 548 g/mol. The zero-order valence-electron chi connectivity index (χ0n) is 22.3. The Kier molecular flexibility index (Phi) is 6.30. The van der Waals surface area contributed by atoms with Gasteiger partial charge < -0.3 is 14.5 Å². The molecule has 10 nitrogen and oxygen atoms in total. The third-order valence-corrected chi connectivity index (χ3v) is 8.60. The molecule has 3 aliphatic heterocycles. The van der Waals surface area contributed by atoms with E-state index in [0.717, 1.165) is 11.1 Å². The molecule has 4 heterocycles. The molecule has 0 saturated carbocycles. The Balaban J connectivity index is 1.19. The number of fused-ring (bicyclic) bond motifs is 1. The van der Waals surface area contributed by atoms with Crippen LogP contribution in [0.5, 0.6) is 0 Å². The van der Waals surface area contributed by atoms with Crippen LogP contribution in [-0.4, -0.2) is 61.9 Å². The SMILES string of the molecule is CC1(C)CN(Cc2ccc(-c3ncon3)cc2)CCC1(O)c1ccc2c(c1F)CN(C1CCC(=O)NC1=O)C2=O. The van der Waals surface area contributed by atoms with Crippen molar-refractivity contribution in [2.45, 2.75) is 57.8 Å². The van der Waals surface area contributed by atoms with E-state index in [2.05, 4.69) is 20.4 Å². The number of hydrogen-bond acceptors (Lipinski definition) is 8. The summed E-state index contributed by atoms with van der Waals surface area (Å²) in [4.78, 5) is 44.6. The highest BCUT2D eigenvalue weighted by atomic mass is 19.1. The first-order chi connectivity index (χ1) is 19.1. The van der Waals surface area contributed by atoms with E-state index >= 15 is 4.39 Å². The lowest BCUT2D eigenvalue weighted by atomic mass is 9.66. The van der Waals surface area contributed by atoms with Crippen LogP contribution in [0, 0.1) is 11.2 Å². The van der Waals surface area contributed by atoms with Gasteiger partial charge in [0.2, 0.25) is 24.0 Å². The van der Waals surface area contributed by atoms with Crippen LogP contribution < -0.4 is 5.32 Å². The van der Waals surface area contributed by atoms with Crippen LogP contribution in [0.25, 0.3) is 11.4 Å². The van der Waals surface area contributed by atoms with Crippen molar-refractivity contribution in [2.24, 2.45) is 5.41 Å². The van der Waals surface area contributed by atoms with E-state index in [-0.39, 0.29) is 42.0 Å². The number of benzene rings is 2. The minimum Gasteiger partial charge on any atom is -0.384 e. The fourth-order valence-corrected chi connectivity index (χ4v) is 6.30. The summed E-state index contributed by atoms with van der Waals surface area (Å²) >= 11 is 0. The van der Waals surface area contributed by atoms with Crippen molar-refractivity contribution in [3.05, 3.63) is 70.9 Å². The molecule has 6 rings (SSSR count). The largest absolute Gasteiger partial charge is 0.384 e. The number of aromatic nitrogens is 2. The Morgan fingerprint density at radius 1 is 1.15 bits per heavy atom. The molecule has 11 heteroatoms. The maximum absolute atomic E-state index is 16.1. The van der Waals surface area contributed by atoms with Crippen LogP contribution >= 0.6 is 0 Å². The Morgan fingerprint density at radius 3 is 2.60 bits per heavy atom. The molecule has 0 radical (unpaired) electrons. The summed E-state index contributed by atoms with van der Waals surface area (Å²) in [7, 11) is 0. The second-order valence-electron chi connectivity index (χ2n) is 11.5. The Labute approximate surface area is 230 Å². The van der Waals surface area contributed by atoms with Gasteiger partial charge in [0.15, 0.2) is 0 Å². The summed E-state index contributed by atoms with van der Waals surface area (Å²) in [5.74, 6) is -1.46. The molecule has 2 unspecified atom stereocenters. The minimum absolute atomic E-state index is 0.0807. The van der Waals surface area contributed by atoms with E-state index in [9.17, 15) is 19.5 Å². The highest BCUT2D eigenvalue weighted by molar-refractivity contribution is 6.05. The van der Waals surface area contributed by atoms with Gasteiger partial charge in [0.05, 0.1) is 12.1 Å². The van der Waals surface area contributed by atoms with Gasteiger partial charge in [-0.15, -0.1) is 0 Å².